The summed E-state index contributed by atoms with van der Waals surface area (Å²) in [5.41, 5.74) is 0. The zero-order chi connectivity index (χ0) is 45.9. The Morgan fingerprint density at radius 3 is 1.32 bits per heavy atom. The normalized spacial score (nSPS) is 23.1. The van der Waals surface area contributed by atoms with E-state index in [9.17, 15) is 50.0 Å². The van der Waals surface area contributed by atoms with Crippen molar-refractivity contribution in [2.75, 3.05) is 6.61 Å². The minimum absolute atomic E-state index is 0.240. The Kier molecular flexibility index (Phi) is 36.4. The van der Waals surface area contributed by atoms with Gasteiger partial charge in [-0.1, -0.05) is 212 Å². The predicted molar refractivity (Wildman–Crippen MR) is 247 cm³/mol. The third-order valence-corrected chi connectivity index (χ3v) is 13.4. The number of nitrogens with one attached hydrogen (secondary N) is 1. The maximum Gasteiger partial charge on any atom is 0.472 e. The van der Waals surface area contributed by atoms with Crippen LogP contribution < -0.4 is 5.32 Å². The molecule has 1 amide bonds. The number of unbranched alkanes of at least 4 members (excludes halogenated alkanes) is 29. The van der Waals surface area contributed by atoms with Crippen molar-refractivity contribution in [2.45, 2.75) is 281 Å². The molecule has 8 atom stereocenters. The summed E-state index contributed by atoms with van der Waals surface area (Å²) < 4.78 is 22.9. The van der Waals surface area contributed by atoms with E-state index in [2.05, 4.69) is 19.2 Å². The average molecular weight is 908 g/mol. The number of allylic oxidation sites excluding steroid dienone is 1. The second-order valence-corrected chi connectivity index (χ2v) is 19.6. The fourth-order valence-corrected chi connectivity index (χ4v) is 9.21. The topological polar surface area (TPSA) is 226 Å². The van der Waals surface area contributed by atoms with Gasteiger partial charge in [0.1, 0.15) is 36.6 Å². The first-order valence-electron chi connectivity index (χ1n) is 25.2. The SMILES string of the molecule is CCCCCCCCCCCC/C=C/C(O)C(COP(=O)(O)OC1C(O)C(O)C(O)C(O)C1O)NC(=O)CC(O)CCCCCCCCCCCCCCCCCCCCCC. The van der Waals surface area contributed by atoms with Gasteiger partial charge in [0.15, 0.2) is 0 Å². The lowest BCUT2D eigenvalue weighted by atomic mass is 9.85. The van der Waals surface area contributed by atoms with Crippen LogP contribution in [0.5, 0.6) is 0 Å². The van der Waals surface area contributed by atoms with Crippen molar-refractivity contribution >= 4 is 13.7 Å². The van der Waals surface area contributed by atoms with Crippen LogP contribution in [0.2, 0.25) is 0 Å². The molecule has 0 spiro atoms. The summed E-state index contributed by atoms with van der Waals surface area (Å²) in [4.78, 5) is 23.5. The zero-order valence-corrected chi connectivity index (χ0v) is 39.9. The van der Waals surface area contributed by atoms with Crippen LogP contribution in [-0.2, 0) is 18.4 Å². The van der Waals surface area contributed by atoms with E-state index in [4.69, 9.17) is 9.05 Å². The largest absolute Gasteiger partial charge is 0.472 e. The monoisotopic (exact) mass is 908 g/mol. The molecular weight excluding hydrogens is 813 g/mol. The molecule has 1 aliphatic rings. The number of phosphoric acid groups is 1. The number of phosphoric ester groups is 1. The number of amides is 1. The maximum atomic E-state index is 13.0. The molecule has 368 valence electrons. The van der Waals surface area contributed by atoms with Crippen LogP contribution in [-0.4, -0.2) is 108 Å². The quantitative estimate of drug-likeness (QED) is 0.0159. The van der Waals surface area contributed by atoms with Crippen molar-refractivity contribution < 1.29 is 59.0 Å². The first-order chi connectivity index (χ1) is 29.8. The van der Waals surface area contributed by atoms with Crippen LogP contribution in [0.3, 0.4) is 0 Å². The molecular formula is C48H94NO12P. The number of aliphatic hydroxyl groups is 7. The van der Waals surface area contributed by atoms with Crippen LogP contribution in [0.1, 0.15) is 226 Å². The summed E-state index contributed by atoms with van der Waals surface area (Å²) >= 11 is 0. The van der Waals surface area contributed by atoms with Crippen LogP contribution >= 0.6 is 7.82 Å². The third-order valence-electron chi connectivity index (χ3n) is 12.4. The Hall–Kier alpha value is -0.960. The lowest BCUT2D eigenvalue weighted by molar-refractivity contribution is -0.220. The zero-order valence-electron chi connectivity index (χ0n) is 39.1. The summed E-state index contributed by atoms with van der Waals surface area (Å²) in [7, 11) is -5.14. The van der Waals surface area contributed by atoms with E-state index in [1.165, 1.54) is 154 Å². The van der Waals surface area contributed by atoms with Gasteiger partial charge in [-0.05, 0) is 19.3 Å². The van der Waals surface area contributed by atoms with Gasteiger partial charge in [0.05, 0.1) is 31.3 Å². The van der Waals surface area contributed by atoms with E-state index in [0.717, 1.165) is 44.9 Å². The minimum atomic E-state index is -5.14. The lowest BCUT2D eigenvalue weighted by Crippen LogP contribution is -2.64. The van der Waals surface area contributed by atoms with E-state index in [1.54, 1.807) is 6.08 Å². The van der Waals surface area contributed by atoms with Gasteiger partial charge in [-0.15, -0.1) is 0 Å². The van der Waals surface area contributed by atoms with E-state index in [1.807, 2.05) is 0 Å². The predicted octanol–water partition coefficient (Wildman–Crippen LogP) is 8.98. The van der Waals surface area contributed by atoms with Crippen LogP contribution in [0.4, 0.5) is 0 Å². The fraction of sp³-hybridized carbons (Fsp3) is 0.938. The van der Waals surface area contributed by atoms with Crippen molar-refractivity contribution in [3.05, 3.63) is 12.2 Å². The summed E-state index contributed by atoms with van der Waals surface area (Å²) in [6.07, 6.45) is 27.3. The molecule has 1 fully saturated rings. The standard InChI is InChI=1S/C48H94NO12P/c1-3-5-7-9-11-13-15-17-18-19-20-21-22-23-24-25-27-29-31-33-35-39(50)37-42(52)49-40(41(51)36-34-32-30-28-26-16-14-12-10-8-6-4-2)38-60-62(58,59)61-48-46(56)44(54)43(53)45(55)47(48)57/h34,36,39-41,43-48,50-51,53-57H,3-33,35,37-38H2,1-2H3,(H,49,52)(H,58,59)/b36-34+. The second kappa shape index (κ2) is 38.2. The van der Waals surface area contributed by atoms with Gasteiger partial charge >= 0.3 is 7.82 Å². The molecule has 0 aliphatic heterocycles. The number of hydrogen-bond donors (Lipinski definition) is 9. The van der Waals surface area contributed by atoms with Gasteiger partial charge in [-0.25, -0.2) is 4.57 Å². The van der Waals surface area contributed by atoms with Crippen molar-refractivity contribution in [1.29, 1.82) is 0 Å². The number of rotatable bonds is 42. The molecule has 8 unspecified atom stereocenters. The van der Waals surface area contributed by atoms with Crippen molar-refractivity contribution in [3.8, 4) is 0 Å². The van der Waals surface area contributed by atoms with Crippen LogP contribution in [0.25, 0.3) is 0 Å². The van der Waals surface area contributed by atoms with Gasteiger partial charge in [-0.3, -0.25) is 13.8 Å². The van der Waals surface area contributed by atoms with Gasteiger partial charge in [-0.2, -0.15) is 0 Å². The summed E-state index contributed by atoms with van der Waals surface area (Å²) in [5, 5.41) is 74.5. The highest BCUT2D eigenvalue weighted by molar-refractivity contribution is 7.47. The van der Waals surface area contributed by atoms with Gasteiger partial charge in [0.25, 0.3) is 0 Å². The fourth-order valence-electron chi connectivity index (χ4n) is 8.24. The number of carbonyl (C=O) groups excluding carboxylic acids is 1. The van der Waals surface area contributed by atoms with Crippen LogP contribution in [0, 0.1) is 0 Å². The first-order valence-corrected chi connectivity index (χ1v) is 26.7. The van der Waals surface area contributed by atoms with E-state index in [-0.39, 0.29) is 6.42 Å². The third kappa shape index (κ3) is 29.5. The van der Waals surface area contributed by atoms with Gasteiger partial charge < -0.3 is 46.0 Å². The average Bonchev–Trinajstić information content (AvgIpc) is 3.24. The van der Waals surface area contributed by atoms with Gasteiger partial charge in [0.2, 0.25) is 5.91 Å². The Balaban J connectivity index is 2.43. The molecule has 0 saturated heterocycles. The molecule has 13 nitrogen and oxygen atoms in total. The molecule has 1 saturated carbocycles. The van der Waals surface area contributed by atoms with E-state index in [0.29, 0.717) is 12.8 Å². The van der Waals surface area contributed by atoms with Crippen molar-refractivity contribution in [2.24, 2.45) is 0 Å². The molecule has 0 aromatic rings. The highest BCUT2D eigenvalue weighted by atomic mass is 31.2. The number of hydrogen-bond acceptors (Lipinski definition) is 11. The molecule has 9 N–H and O–H groups in total. The Morgan fingerprint density at radius 2 is 0.919 bits per heavy atom. The molecule has 0 radical (unpaired) electrons. The molecule has 0 bridgehead atoms. The first kappa shape index (κ1) is 59.1. The number of carbonyl (C=O) groups is 1. The Labute approximate surface area is 376 Å². The highest BCUT2D eigenvalue weighted by Crippen LogP contribution is 2.47. The molecule has 0 heterocycles. The highest BCUT2D eigenvalue weighted by Gasteiger charge is 2.51. The van der Waals surface area contributed by atoms with Crippen LogP contribution in [0.15, 0.2) is 12.2 Å². The summed E-state index contributed by atoms with van der Waals surface area (Å²) in [6.45, 7) is 3.75. The molecule has 62 heavy (non-hydrogen) atoms. The lowest BCUT2D eigenvalue weighted by Gasteiger charge is -2.41. The van der Waals surface area contributed by atoms with E-state index >= 15 is 0 Å². The Bertz CT molecular complexity index is 1120. The molecule has 1 rings (SSSR count). The summed E-state index contributed by atoms with van der Waals surface area (Å²) in [5.74, 6) is -0.589. The number of aliphatic hydroxyl groups excluding tert-OH is 7. The second-order valence-electron chi connectivity index (χ2n) is 18.2. The molecule has 0 aromatic heterocycles. The van der Waals surface area contributed by atoms with Crippen molar-refractivity contribution in [1.82, 2.24) is 5.32 Å². The molecule has 14 heteroatoms. The van der Waals surface area contributed by atoms with Gasteiger partial charge in [0, 0.05) is 0 Å². The van der Waals surface area contributed by atoms with E-state index < -0.39 is 75.2 Å². The molecule has 0 aromatic carbocycles. The summed E-state index contributed by atoms with van der Waals surface area (Å²) in [6, 6.07) is -1.23. The minimum Gasteiger partial charge on any atom is -0.393 e. The Morgan fingerprint density at radius 1 is 0.565 bits per heavy atom. The molecule has 1 aliphatic carbocycles. The van der Waals surface area contributed by atoms with Crippen molar-refractivity contribution in [3.63, 3.8) is 0 Å². The maximum absolute atomic E-state index is 13.0. The smallest absolute Gasteiger partial charge is 0.393 e.